The van der Waals surface area contributed by atoms with E-state index in [0.29, 0.717) is 19.4 Å². The number of halogens is 1. The van der Waals surface area contributed by atoms with Crippen molar-refractivity contribution in [3.63, 3.8) is 0 Å². The lowest BCUT2D eigenvalue weighted by molar-refractivity contribution is 0.0946. The summed E-state index contributed by atoms with van der Waals surface area (Å²) in [6.45, 7) is 0.522. The van der Waals surface area contributed by atoms with Gasteiger partial charge in [-0.3, -0.25) is 4.79 Å². The van der Waals surface area contributed by atoms with Gasteiger partial charge in [-0.2, -0.15) is 0 Å². The largest absolute Gasteiger partial charge is 0.507 e. The quantitative estimate of drug-likeness (QED) is 0.660. The number of aliphatic hydroxyl groups is 1. The Balaban J connectivity index is 2.47. The van der Waals surface area contributed by atoms with Crippen LogP contribution in [0.1, 0.15) is 29.6 Å². The Hall–Kier alpha value is -1.62. The first-order valence-corrected chi connectivity index (χ1v) is 5.53. The molecule has 17 heavy (non-hydrogen) atoms. The highest BCUT2D eigenvalue weighted by Crippen LogP contribution is 2.19. The summed E-state index contributed by atoms with van der Waals surface area (Å²) in [5.74, 6) is -1.72. The number of phenols is 1. The van der Waals surface area contributed by atoms with E-state index in [1.807, 2.05) is 0 Å². The van der Waals surface area contributed by atoms with Gasteiger partial charge in [0.1, 0.15) is 17.1 Å². The molecule has 0 saturated heterocycles. The Labute approximate surface area is 99.1 Å². The number of phenolic OH excluding ortho intramolecular Hbond substituents is 1. The predicted octanol–water partition coefficient (Wildman–Crippen LogP) is 1.42. The Kier molecular flexibility index (Phi) is 5.42. The minimum Gasteiger partial charge on any atom is -0.507 e. The zero-order valence-electron chi connectivity index (χ0n) is 9.45. The summed E-state index contributed by atoms with van der Waals surface area (Å²) in [4.78, 5) is 11.6. The van der Waals surface area contributed by atoms with Crippen LogP contribution in [0.15, 0.2) is 18.2 Å². The second-order valence-electron chi connectivity index (χ2n) is 3.67. The molecule has 0 spiro atoms. The highest BCUT2D eigenvalue weighted by Gasteiger charge is 2.15. The second kappa shape index (κ2) is 6.85. The van der Waals surface area contributed by atoms with Gasteiger partial charge in [-0.1, -0.05) is 6.07 Å². The first kappa shape index (κ1) is 13.4. The number of aliphatic hydroxyl groups excluding tert-OH is 1. The number of hydrogen-bond acceptors (Lipinski definition) is 3. The fourth-order valence-electron chi connectivity index (χ4n) is 1.44. The molecule has 1 aromatic carbocycles. The number of unbranched alkanes of at least 4 members (excludes halogenated alkanes) is 2. The van der Waals surface area contributed by atoms with Crippen LogP contribution in [0.2, 0.25) is 0 Å². The molecule has 0 aliphatic heterocycles. The van der Waals surface area contributed by atoms with Crippen LogP contribution in [0, 0.1) is 5.82 Å². The first-order valence-electron chi connectivity index (χ1n) is 5.53. The molecule has 1 rings (SSSR count). The minimum atomic E-state index is -0.738. The molecular weight excluding hydrogens is 225 g/mol. The van der Waals surface area contributed by atoms with Crippen LogP contribution >= 0.6 is 0 Å². The van der Waals surface area contributed by atoms with E-state index in [2.05, 4.69) is 5.32 Å². The number of carbonyl (C=O) groups is 1. The van der Waals surface area contributed by atoms with Gasteiger partial charge in [-0.05, 0) is 31.4 Å². The van der Waals surface area contributed by atoms with Crippen LogP contribution in [-0.2, 0) is 0 Å². The average molecular weight is 241 g/mol. The lowest BCUT2D eigenvalue weighted by Crippen LogP contribution is -2.25. The number of benzene rings is 1. The Morgan fingerprint density at radius 1 is 1.29 bits per heavy atom. The van der Waals surface area contributed by atoms with Crippen molar-refractivity contribution in [2.45, 2.75) is 19.3 Å². The van der Waals surface area contributed by atoms with Gasteiger partial charge < -0.3 is 15.5 Å². The van der Waals surface area contributed by atoms with E-state index in [4.69, 9.17) is 5.11 Å². The third-order valence-electron chi connectivity index (χ3n) is 2.34. The average Bonchev–Trinajstić information content (AvgIpc) is 2.28. The van der Waals surface area contributed by atoms with E-state index in [9.17, 15) is 14.3 Å². The van der Waals surface area contributed by atoms with Crippen molar-refractivity contribution in [1.82, 2.24) is 5.32 Å². The molecule has 94 valence electrons. The molecule has 1 aromatic rings. The van der Waals surface area contributed by atoms with Gasteiger partial charge in [0.25, 0.3) is 5.91 Å². The van der Waals surface area contributed by atoms with Crippen molar-refractivity contribution in [1.29, 1.82) is 0 Å². The molecule has 0 radical (unpaired) electrons. The van der Waals surface area contributed by atoms with Gasteiger partial charge >= 0.3 is 0 Å². The molecule has 0 heterocycles. The standard InChI is InChI=1S/C12H16FNO3/c13-9-5-4-6-10(16)11(9)12(17)14-7-2-1-3-8-15/h4-6,15-16H,1-3,7-8H2,(H,14,17). The van der Waals surface area contributed by atoms with Gasteiger partial charge in [0, 0.05) is 13.2 Å². The molecule has 0 aromatic heterocycles. The Bertz CT molecular complexity index is 362. The van der Waals surface area contributed by atoms with Gasteiger partial charge in [-0.25, -0.2) is 4.39 Å². The summed E-state index contributed by atoms with van der Waals surface area (Å²) in [5, 5.41) is 20.4. The topological polar surface area (TPSA) is 69.6 Å². The molecule has 0 unspecified atom stereocenters. The van der Waals surface area contributed by atoms with Crippen molar-refractivity contribution in [2.75, 3.05) is 13.2 Å². The van der Waals surface area contributed by atoms with Crippen molar-refractivity contribution in [3.8, 4) is 5.75 Å². The minimum absolute atomic E-state index is 0.127. The number of nitrogens with one attached hydrogen (secondary N) is 1. The van der Waals surface area contributed by atoms with E-state index >= 15 is 0 Å². The van der Waals surface area contributed by atoms with Crippen LogP contribution in [0.3, 0.4) is 0 Å². The van der Waals surface area contributed by atoms with E-state index in [-0.39, 0.29) is 17.9 Å². The zero-order chi connectivity index (χ0) is 12.7. The van der Waals surface area contributed by atoms with Gasteiger partial charge in [-0.15, -0.1) is 0 Å². The van der Waals surface area contributed by atoms with Crippen molar-refractivity contribution in [3.05, 3.63) is 29.6 Å². The van der Waals surface area contributed by atoms with Crippen LogP contribution in [0.25, 0.3) is 0 Å². The molecule has 3 N–H and O–H groups in total. The third kappa shape index (κ3) is 4.03. The molecular formula is C12H16FNO3. The van der Waals surface area contributed by atoms with Crippen molar-refractivity contribution < 1.29 is 19.4 Å². The normalized spacial score (nSPS) is 10.2. The molecule has 0 saturated carbocycles. The highest BCUT2D eigenvalue weighted by molar-refractivity contribution is 5.97. The summed E-state index contributed by atoms with van der Waals surface area (Å²) in [6.07, 6.45) is 2.18. The molecule has 5 heteroatoms. The van der Waals surface area contributed by atoms with Gasteiger partial charge in [0.05, 0.1) is 0 Å². The summed E-state index contributed by atoms with van der Waals surface area (Å²) in [5.41, 5.74) is -0.324. The summed E-state index contributed by atoms with van der Waals surface area (Å²) in [7, 11) is 0. The van der Waals surface area contributed by atoms with Crippen molar-refractivity contribution in [2.24, 2.45) is 0 Å². The van der Waals surface area contributed by atoms with E-state index in [1.54, 1.807) is 0 Å². The predicted molar refractivity (Wildman–Crippen MR) is 61.3 cm³/mol. The maximum absolute atomic E-state index is 13.3. The van der Waals surface area contributed by atoms with Crippen molar-refractivity contribution >= 4 is 5.91 Å². The molecule has 0 aliphatic carbocycles. The highest BCUT2D eigenvalue weighted by atomic mass is 19.1. The van der Waals surface area contributed by atoms with E-state index < -0.39 is 11.7 Å². The van der Waals surface area contributed by atoms with Crippen LogP contribution in [0.5, 0.6) is 5.75 Å². The maximum Gasteiger partial charge on any atom is 0.258 e. The Morgan fingerprint density at radius 2 is 2.06 bits per heavy atom. The van der Waals surface area contributed by atoms with Crippen LogP contribution in [0.4, 0.5) is 4.39 Å². The fraction of sp³-hybridized carbons (Fsp3) is 0.417. The number of aromatic hydroxyl groups is 1. The van der Waals surface area contributed by atoms with E-state index in [1.165, 1.54) is 12.1 Å². The van der Waals surface area contributed by atoms with Crippen LogP contribution in [-0.4, -0.2) is 29.3 Å². The first-order chi connectivity index (χ1) is 8.16. The number of carbonyl (C=O) groups excluding carboxylic acids is 1. The number of amides is 1. The Morgan fingerprint density at radius 3 is 2.71 bits per heavy atom. The zero-order valence-corrected chi connectivity index (χ0v) is 9.45. The molecule has 0 bridgehead atoms. The maximum atomic E-state index is 13.3. The molecule has 4 nitrogen and oxygen atoms in total. The monoisotopic (exact) mass is 241 g/mol. The number of hydrogen-bond donors (Lipinski definition) is 3. The summed E-state index contributed by atoms with van der Waals surface area (Å²) < 4.78 is 13.3. The summed E-state index contributed by atoms with van der Waals surface area (Å²) in [6, 6.07) is 3.73. The molecule has 0 fully saturated rings. The SMILES string of the molecule is O=C(NCCCCCO)c1c(O)cccc1F. The number of rotatable bonds is 6. The molecule has 0 aliphatic rings. The molecule has 1 amide bonds. The van der Waals surface area contributed by atoms with E-state index in [0.717, 1.165) is 12.5 Å². The van der Waals surface area contributed by atoms with Crippen LogP contribution < -0.4 is 5.32 Å². The fourth-order valence-corrected chi connectivity index (χ4v) is 1.44. The van der Waals surface area contributed by atoms with Gasteiger partial charge in [0.2, 0.25) is 0 Å². The lowest BCUT2D eigenvalue weighted by atomic mass is 10.1. The molecule has 0 atom stereocenters. The third-order valence-corrected chi connectivity index (χ3v) is 2.34. The second-order valence-corrected chi connectivity index (χ2v) is 3.67. The smallest absolute Gasteiger partial charge is 0.258 e. The summed E-state index contributed by atoms with van der Waals surface area (Å²) >= 11 is 0. The van der Waals surface area contributed by atoms with Gasteiger partial charge in [0.15, 0.2) is 0 Å². The lowest BCUT2D eigenvalue weighted by Gasteiger charge is -2.07.